The zero-order valence-electron chi connectivity index (χ0n) is 18.1. The van der Waals surface area contributed by atoms with Crippen LogP contribution >= 0.6 is 11.5 Å². The van der Waals surface area contributed by atoms with Crippen LogP contribution in [0.2, 0.25) is 0 Å². The summed E-state index contributed by atoms with van der Waals surface area (Å²) in [5.41, 5.74) is 1.85. The molecule has 8 nitrogen and oxygen atoms in total. The molecule has 166 valence electrons. The SMILES string of the molecule is Cc1cc(Nc2ncc(C)c(N3CC(CC#N)(N4CCN(CCCF)CC4)C3)n2)sn1. The summed E-state index contributed by atoms with van der Waals surface area (Å²) < 4.78 is 16.8. The van der Waals surface area contributed by atoms with Crippen molar-refractivity contribution in [3.63, 3.8) is 0 Å². The molecule has 1 N–H and O–H groups in total. The molecule has 4 heterocycles. The first-order chi connectivity index (χ1) is 15.0. The average molecular weight is 445 g/mol. The zero-order chi connectivity index (χ0) is 21.8. The van der Waals surface area contributed by atoms with Crippen LogP contribution in [0.15, 0.2) is 12.3 Å². The van der Waals surface area contributed by atoms with Crippen LogP contribution in [-0.2, 0) is 0 Å². The number of aryl methyl sites for hydroxylation is 2. The Balaban J connectivity index is 1.42. The van der Waals surface area contributed by atoms with Crippen molar-refractivity contribution in [1.29, 1.82) is 5.26 Å². The Labute approximate surface area is 186 Å². The fourth-order valence-electron chi connectivity index (χ4n) is 4.46. The molecule has 2 fully saturated rings. The number of rotatable bonds is 8. The van der Waals surface area contributed by atoms with E-state index in [4.69, 9.17) is 4.98 Å². The van der Waals surface area contributed by atoms with Crippen LogP contribution < -0.4 is 10.2 Å². The number of aromatic nitrogens is 3. The van der Waals surface area contributed by atoms with E-state index in [0.717, 1.165) is 67.9 Å². The maximum absolute atomic E-state index is 12.5. The minimum absolute atomic E-state index is 0.138. The fourth-order valence-corrected chi connectivity index (χ4v) is 5.12. The summed E-state index contributed by atoms with van der Waals surface area (Å²) in [7, 11) is 0. The van der Waals surface area contributed by atoms with E-state index in [1.54, 1.807) is 0 Å². The molecule has 0 radical (unpaired) electrons. The first-order valence-electron chi connectivity index (χ1n) is 10.7. The molecule has 2 saturated heterocycles. The van der Waals surface area contributed by atoms with Crippen LogP contribution in [0.5, 0.6) is 0 Å². The van der Waals surface area contributed by atoms with Crippen molar-refractivity contribution in [2.24, 2.45) is 0 Å². The number of halogens is 1. The van der Waals surface area contributed by atoms with Gasteiger partial charge in [0.1, 0.15) is 10.8 Å². The lowest BCUT2D eigenvalue weighted by molar-refractivity contribution is 0.0145. The quantitative estimate of drug-likeness (QED) is 0.665. The molecule has 2 aromatic rings. The molecule has 0 aliphatic carbocycles. The van der Waals surface area contributed by atoms with Crippen molar-refractivity contribution < 1.29 is 4.39 Å². The third kappa shape index (κ3) is 4.79. The van der Waals surface area contributed by atoms with Gasteiger partial charge in [0, 0.05) is 57.6 Å². The normalized spacial score (nSPS) is 19.1. The number of piperazine rings is 1. The van der Waals surface area contributed by atoms with Crippen molar-refractivity contribution in [2.45, 2.75) is 32.2 Å². The molecule has 2 aliphatic heterocycles. The molecule has 0 unspecified atom stereocenters. The lowest BCUT2D eigenvalue weighted by Crippen LogP contribution is -2.72. The number of hydrogen-bond acceptors (Lipinski definition) is 9. The first-order valence-corrected chi connectivity index (χ1v) is 11.5. The Bertz CT molecular complexity index is 928. The Kier molecular flexibility index (Phi) is 6.65. The second kappa shape index (κ2) is 9.42. The highest BCUT2D eigenvalue weighted by Crippen LogP contribution is 2.36. The van der Waals surface area contributed by atoms with Gasteiger partial charge in [-0.2, -0.15) is 14.6 Å². The van der Waals surface area contributed by atoms with E-state index < -0.39 is 0 Å². The monoisotopic (exact) mass is 444 g/mol. The van der Waals surface area contributed by atoms with E-state index >= 15 is 0 Å². The van der Waals surface area contributed by atoms with Crippen molar-refractivity contribution in [3.05, 3.63) is 23.5 Å². The predicted molar refractivity (Wildman–Crippen MR) is 121 cm³/mol. The van der Waals surface area contributed by atoms with E-state index in [-0.39, 0.29) is 12.2 Å². The number of nitrogens with zero attached hydrogens (tertiary/aromatic N) is 7. The lowest BCUT2D eigenvalue weighted by atomic mass is 9.83. The molecule has 0 aromatic carbocycles. The van der Waals surface area contributed by atoms with Crippen molar-refractivity contribution >= 4 is 28.3 Å². The van der Waals surface area contributed by atoms with Crippen LogP contribution in [-0.4, -0.2) is 82.2 Å². The second-order valence-corrected chi connectivity index (χ2v) is 9.25. The number of anilines is 3. The van der Waals surface area contributed by atoms with Gasteiger partial charge in [0.2, 0.25) is 5.95 Å². The molecule has 0 spiro atoms. The van der Waals surface area contributed by atoms with Crippen LogP contribution in [0, 0.1) is 25.2 Å². The molecular formula is C21H29FN8S. The van der Waals surface area contributed by atoms with Gasteiger partial charge in [-0.15, -0.1) is 0 Å². The maximum Gasteiger partial charge on any atom is 0.229 e. The molecule has 2 aliphatic rings. The Hall–Kier alpha value is -2.35. The summed E-state index contributed by atoms with van der Waals surface area (Å²) in [6, 6.07) is 4.38. The van der Waals surface area contributed by atoms with Gasteiger partial charge in [-0.05, 0) is 37.9 Å². The summed E-state index contributed by atoms with van der Waals surface area (Å²) >= 11 is 1.39. The van der Waals surface area contributed by atoms with Gasteiger partial charge in [0.05, 0.1) is 30.4 Å². The van der Waals surface area contributed by atoms with Gasteiger partial charge in [0.25, 0.3) is 0 Å². The van der Waals surface area contributed by atoms with E-state index in [2.05, 4.69) is 35.4 Å². The van der Waals surface area contributed by atoms with Crippen molar-refractivity contribution in [1.82, 2.24) is 24.1 Å². The van der Waals surface area contributed by atoms with Crippen LogP contribution in [0.25, 0.3) is 0 Å². The Morgan fingerprint density at radius 2 is 2.03 bits per heavy atom. The third-order valence-corrected chi connectivity index (χ3v) is 6.93. The van der Waals surface area contributed by atoms with E-state index in [1.165, 1.54) is 11.5 Å². The first kappa shape index (κ1) is 21.9. The number of hydrogen-bond donors (Lipinski definition) is 1. The van der Waals surface area contributed by atoms with Crippen molar-refractivity contribution in [3.8, 4) is 6.07 Å². The Morgan fingerprint density at radius 1 is 1.26 bits per heavy atom. The van der Waals surface area contributed by atoms with E-state index in [0.29, 0.717) is 18.8 Å². The maximum atomic E-state index is 12.5. The summed E-state index contributed by atoms with van der Waals surface area (Å²) in [6.45, 7) is 9.79. The summed E-state index contributed by atoms with van der Waals surface area (Å²) in [5, 5.41) is 13.7. The molecule has 31 heavy (non-hydrogen) atoms. The van der Waals surface area contributed by atoms with Crippen LogP contribution in [0.1, 0.15) is 24.1 Å². The van der Waals surface area contributed by atoms with Crippen LogP contribution in [0.4, 0.5) is 21.2 Å². The van der Waals surface area contributed by atoms with Gasteiger partial charge in [-0.3, -0.25) is 9.29 Å². The number of nitrogens with one attached hydrogen (secondary N) is 1. The summed E-state index contributed by atoms with van der Waals surface area (Å²) in [6.07, 6.45) is 2.94. The predicted octanol–water partition coefficient (Wildman–Crippen LogP) is 2.74. The smallest absolute Gasteiger partial charge is 0.229 e. The molecule has 10 heteroatoms. The topological polar surface area (TPSA) is 84.2 Å². The van der Waals surface area contributed by atoms with Gasteiger partial charge >= 0.3 is 0 Å². The Morgan fingerprint density at radius 3 is 2.68 bits per heavy atom. The zero-order valence-corrected chi connectivity index (χ0v) is 19.0. The molecule has 0 amide bonds. The highest BCUT2D eigenvalue weighted by atomic mass is 32.1. The van der Waals surface area contributed by atoms with Gasteiger partial charge in [0.15, 0.2) is 0 Å². The standard InChI is InChI=1S/C21H29FN8S/c1-16-13-24-20(25-18-12-17(2)27-31-18)26-19(16)29-14-21(15-29,4-6-23)30-10-8-28(9-11-30)7-3-5-22/h12-13H,3-5,7-11,14-15H2,1-2H3,(H,24,25,26). The van der Waals surface area contributed by atoms with Gasteiger partial charge < -0.3 is 15.1 Å². The number of nitriles is 1. The molecular weight excluding hydrogens is 415 g/mol. The summed E-state index contributed by atoms with van der Waals surface area (Å²) in [5.74, 6) is 1.47. The third-order valence-electron chi connectivity index (χ3n) is 6.14. The summed E-state index contributed by atoms with van der Waals surface area (Å²) in [4.78, 5) is 16.2. The van der Waals surface area contributed by atoms with E-state index in [1.807, 2.05) is 26.1 Å². The molecule has 0 saturated carbocycles. The minimum Gasteiger partial charge on any atom is -0.352 e. The second-order valence-electron chi connectivity index (χ2n) is 8.44. The van der Waals surface area contributed by atoms with E-state index in [9.17, 15) is 9.65 Å². The minimum atomic E-state index is -0.259. The molecule has 0 atom stereocenters. The lowest BCUT2D eigenvalue weighted by Gasteiger charge is -2.57. The molecule has 0 bridgehead atoms. The highest BCUT2D eigenvalue weighted by Gasteiger charge is 2.49. The number of alkyl halides is 1. The largest absolute Gasteiger partial charge is 0.352 e. The average Bonchev–Trinajstić information content (AvgIpc) is 3.15. The fraction of sp³-hybridized carbons (Fsp3) is 0.619. The highest BCUT2D eigenvalue weighted by molar-refractivity contribution is 7.10. The van der Waals surface area contributed by atoms with Crippen LogP contribution in [0.3, 0.4) is 0 Å². The molecule has 4 rings (SSSR count). The van der Waals surface area contributed by atoms with Gasteiger partial charge in [-0.1, -0.05) is 0 Å². The van der Waals surface area contributed by atoms with Crippen molar-refractivity contribution in [2.75, 3.05) is 62.7 Å². The van der Waals surface area contributed by atoms with Gasteiger partial charge in [-0.25, -0.2) is 4.98 Å². The molecule has 2 aromatic heterocycles.